The Hall–Kier alpha value is -0.340. The lowest BCUT2D eigenvalue weighted by Crippen LogP contribution is -2.53. The van der Waals surface area contributed by atoms with Crippen molar-refractivity contribution in [1.82, 2.24) is 0 Å². The average molecular weight is 236 g/mol. The van der Waals surface area contributed by atoms with Crippen LogP contribution in [0.15, 0.2) is 12.2 Å². The monoisotopic (exact) mass is 236 g/mol. The van der Waals surface area contributed by atoms with Crippen molar-refractivity contribution in [2.75, 3.05) is 0 Å². The van der Waals surface area contributed by atoms with E-state index in [0.717, 1.165) is 25.7 Å². The molecule has 3 fully saturated rings. The van der Waals surface area contributed by atoms with Crippen molar-refractivity contribution >= 4 is 0 Å². The van der Waals surface area contributed by atoms with E-state index in [2.05, 4.69) is 27.4 Å². The molecule has 1 N–H and O–H groups in total. The van der Waals surface area contributed by atoms with Crippen LogP contribution in [0.3, 0.4) is 0 Å². The van der Waals surface area contributed by atoms with Crippen molar-refractivity contribution in [2.24, 2.45) is 17.3 Å². The van der Waals surface area contributed by atoms with Crippen LogP contribution < -0.4 is 0 Å². The van der Waals surface area contributed by atoms with Crippen molar-refractivity contribution in [3.05, 3.63) is 12.2 Å². The normalized spacial score (nSPS) is 53.2. The molecule has 3 rings (SSSR count). The highest BCUT2D eigenvalue weighted by molar-refractivity contribution is 5.27. The molecule has 3 aliphatic rings. The summed E-state index contributed by atoms with van der Waals surface area (Å²) in [5.41, 5.74) is 1.08. The van der Waals surface area contributed by atoms with E-state index in [0.29, 0.717) is 11.8 Å². The predicted molar refractivity (Wildman–Crippen MR) is 67.7 cm³/mol. The Morgan fingerprint density at radius 2 is 2.18 bits per heavy atom. The number of aliphatic hydroxyl groups excluding tert-OH is 1. The van der Waals surface area contributed by atoms with Crippen LogP contribution in [-0.4, -0.2) is 22.9 Å². The topological polar surface area (TPSA) is 29.5 Å². The molecule has 0 aromatic carbocycles. The molecular weight excluding hydrogens is 212 g/mol. The smallest absolute Gasteiger partial charge is 0.0837 e. The van der Waals surface area contributed by atoms with Crippen LogP contribution in [0.5, 0.6) is 0 Å². The van der Waals surface area contributed by atoms with E-state index in [-0.39, 0.29) is 23.2 Å². The first-order valence-corrected chi connectivity index (χ1v) is 6.94. The van der Waals surface area contributed by atoms with Gasteiger partial charge in [-0.25, -0.2) is 0 Å². The van der Waals surface area contributed by atoms with Crippen molar-refractivity contribution in [3.8, 4) is 0 Å². The van der Waals surface area contributed by atoms with Gasteiger partial charge in [0.1, 0.15) is 0 Å². The third-order valence-electron chi connectivity index (χ3n) is 5.81. The largest absolute Gasteiger partial charge is 0.392 e. The minimum Gasteiger partial charge on any atom is -0.392 e. The lowest BCUT2D eigenvalue weighted by molar-refractivity contribution is -0.184. The number of ether oxygens (including phenoxy) is 1. The fourth-order valence-corrected chi connectivity index (χ4v) is 4.66. The Balaban J connectivity index is 2.08. The Bertz CT molecular complexity index is 362. The highest BCUT2D eigenvalue weighted by Gasteiger charge is 2.68. The van der Waals surface area contributed by atoms with E-state index in [1.54, 1.807) is 0 Å². The lowest BCUT2D eigenvalue weighted by Gasteiger charge is -2.49. The first-order valence-electron chi connectivity index (χ1n) is 6.94. The summed E-state index contributed by atoms with van der Waals surface area (Å²) < 4.78 is 6.41. The van der Waals surface area contributed by atoms with Crippen molar-refractivity contribution in [3.63, 3.8) is 0 Å². The fourth-order valence-electron chi connectivity index (χ4n) is 4.66. The second-order valence-electron chi connectivity index (χ2n) is 6.89. The summed E-state index contributed by atoms with van der Waals surface area (Å²) in [7, 11) is 0. The average Bonchev–Trinajstić information content (AvgIpc) is 2.66. The van der Waals surface area contributed by atoms with Gasteiger partial charge >= 0.3 is 0 Å². The van der Waals surface area contributed by atoms with Gasteiger partial charge in [-0.3, -0.25) is 0 Å². The standard InChI is InChI=1S/C15H24O2/c1-9(2)11-7-13(16)14(4)6-5-12-10(3)8-15(11,14)17-12/h9,11-13,16H,3,5-8H2,1-2,4H3/t11-,12+,13-,14+,15-/m0/s1. The van der Waals surface area contributed by atoms with Crippen LogP contribution in [0, 0.1) is 17.3 Å². The Labute approximate surface area is 104 Å². The second-order valence-corrected chi connectivity index (χ2v) is 6.89. The van der Waals surface area contributed by atoms with Crippen LogP contribution in [-0.2, 0) is 4.74 Å². The quantitative estimate of drug-likeness (QED) is 0.709. The molecule has 2 saturated heterocycles. The highest BCUT2D eigenvalue weighted by atomic mass is 16.5. The second kappa shape index (κ2) is 3.36. The SMILES string of the molecule is C=C1C[C@@]23O[C@@H]1CC[C@]2(C)[C@@H](O)C[C@H]3C(C)C. The van der Waals surface area contributed by atoms with Gasteiger partial charge in [-0.2, -0.15) is 0 Å². The Morgan fingerprint density at radius 1 is 1.47 bits per heavy atom. The summed E-state index contributed by atoms with van der Waals surface area (Å²) in [6.07, 6.45) is 4.04. The van der Waals surface area contributed by atoms with E-state index >= 15 is 0 Å². The molecule has 2 heteroatoms. The van der Waals surface area contributed by atoms with E-state index in [1.165, 1.54) is 5.57 Å². The van der Waals surface area contributed by atoms with Crippen LogP contribution in [0.25, 0.3) is 0 Å². The molecule has 1 spiro atoms. The summed E-state index contributed by atoms with van der Waals surface area (Å²) in [5.74, 6) is 1.04. The van der Waals surface area contributed by atoms with E-state index in [4.69, 9.17) is 4.74 Å². The molecule has 17 heavy (non-hydrogen) atoms. The maximum absolute atomic E-state index is 10.5. The van der Waals surface area contributed by atoms with Gasteiger partial charge in [0.2, 0.25) is 0 Å². The van der Waals surface area contributed by atoms with Gasteiger partial charge in [0.15, 0.2) is 0 Å². The molecule has 1 saturated carbocycles. The number of hydrogen-bond acceptors (Lipinski definition) is 2. The first-order chi connectivity index (χ1) is 7.91. The van der Waals surface area contributed by atoms with Gasteiger partial charge in [-0.1, -0.05) is 27.4 Å². The Kier molecular flexibility index (Phi) is 2.32. The Morgan fingerprint density at radius 3 is 2.82 bits per heavy atom. The molecule has 0 radical (unpaired) electrons. The number of fused-ring (bicyclic) bond motifs is 1. The maximum Gasteiger partial charge on any atom is 0.0837 e. The molecule has 2 bridgehead atoms. The molecule has 2 aliphatic heterocycles. The highest BCUT2D eigenvalue weighted by Crippen LogP contribution is 2.65. The number of rotatable bonds is 1. The van der Waals surface area contributed by atoms with Gasteiger partial charge < -0.3 is 9.84 Å². The molecule has 2 heterocycles. The zero-order valence-corrected chi connectivity index (χ0v) is 11.2. The molecule has 0 aromatic heterocycles. The summed E-state index contributed by atoms with van der Waals surface area (Å²) >= 11 is 0. The molecule has 2 nitrogen and oxygen atoms in total. The van der Waals surface area contributed by atoms with Gasteiger partial charge in [-0.15, -0.1) is 0 Å². The van der Waals surface area contributed by atoms with Gasteiger partial charge in [-0.05, 0) is 36.7 Å². The third-order valence-corrected chi connectivity index (χ3v) is 5.81. The molecule has 0 unspecified atom stereocenters. The zero-order chi connectivity index (χ0) is 12.4. The minimum atomic E-state index is -0.207. The molecular formula is C15H24O2. The molecule has 5 atom stereocenters. The van der Waals surface area contributed by atoms with Crippen molar-refractivity contribution < 1.29 is 9.84 Å². The molecule has 96 valence electrons. The van der Waals surface area contributed by atoms with E-state index in [1.807, 2.05) is 0 Å². The number of hydrogen-bond donors (Lipinski definition) is 1. The van der Waals surface area contributed by atoms with E-state index in [9.17, 15) is 5.11 Å². The van der Waals surface area contributed by atoms with Crippen LogP contribution in [0.2, 0.25) is 0 Å². The van der Waals surface area contributed by atoms with Gasteiger partial charge in [0, 0.05) is 11.8 Å². The third kappa shape index (κ3) is 1.23. The van der Waals surface area contributed by atoms with Crippen LogP contribution in [0.1, 0.15) is 46.5 Å². The van der Waals surface area contributed by atoms with Crippen molar-refractivity contribution in [1.29, 1.82) is 0 Å². The fraction of sp³-hybridized carbons (Fsp3) is 0.867. The van der Waals surface area contributed by atoms with Crippen LogP contribution >= 0.6 is 0 Å². The maximum atomic E-state index is 10.5. The number of aliphatic hydroxyl groups is 1. The summed E-state index contributed by atoms with van der Waals surface area (Å²) in [4.78, 5) is 0. The van der Waals surface area contributed by atoms with Crippen LogP contribution in [0.4, 0.5) is 0 Å². The van der Waals surface area contributed by atoms with Gasteiger partial charge in [0.25, 0.3) is 0 Å². The molecule has 1 aliphatic carbocycles. The summed E-state index contributed by atoms with van der Waals surface area (Å²) in [5, 5.41) is 10.5. The lowest BCUT2D eigenvalue weighted by atomic mass is 9.66. The molecule has 0 amide bonds. The summed E-state index contributed by atoms with van der Waals surface area (Å²) in [6, 6.07) is 0. The van der Waals surface area contributed by atoms with Crippen molar-refractivity contribution in [2.45, 2.75) is 64.3 Å². The minimum absolute atomic E-state index is 0.0577. The predicted octanol–water partition coefficient (Wildman–Crippen LogP) is 2.91. The zero-order valence-electron chi connectivity index (χ0n) is 11.2. The first kappa shape index (κ1) is 11.7. The summed E-state index contributed by atoms with van der Waals surface area (Å²) in [6.45, 7) is 10.9. The van der Waals surface area contributed by atoms with E-state index < -0.39 is 0 Å². The molecule has 0 aromatic rings. The van der Waals surface area contributed by atoms with Gasteiger partial charge in [0.05, 0.1) is 17.8 Å².